The van der Waals surface area contributed by atoms with Gasteiger partial charge in [-0.15, -0.1) is 0 Å². The van der Waals surface area contributed by atoms with Gasteiger partial charge in [-0.2, -0.15) is 0 Å². The van der Waals surface area contributed by atoms with Crippen molar-refractivity contribution in [2.24, 2.45) is 0 Å². The van der Waals surface area contributed by atoms with E-state index in [0.717, 1.165) is 5.56 Å². The highest BCUT2D eigenvalue weighted by molar-refractivity contribution is 6.21. The summed E-state index contributed by atoms with van der Waals surface area (Å²) < 4.78 is 16.2. The number of carbonyl (C=O) groups is 3. The molecular formula is C27H26N2O6. The van der Waals surface area contributed by atoms with Crippen molar-refractivity contribution in [2.45, 2.75) is 20.0 Å². The summed E-state index contributed by atoms with van der Waals surface area (Å²) >= 11 is 0. The van der Waals surface area contributed by atoms with Crippen molar-refractivity contribution in [1.82, 2.24) is 10.2 Å². The van der Waals surface area contributed by atoms with Crippen molar-refractivity contribution in [2.75, 3.05) is 20.8 Å². The van der Waals surface area contributed by atoms with Gasteiger partial charge in [0.2, 0.25) is 0 Å². The van der Waals surface area contributed by atoms with E-state index in [2.05, 4.69) is 5.32 Å². The molecule has 1 aliphatic rings. The smallest absolute Gasteiger partial charge is 0.261 e. The van der Waals surface area contributed by atoms with Crippen LogP contribution in [0.4, 0.5) is 0 Å². The van der Waals surface area contributed by atoms with Crippen LogP contribution < -0.4 is 19.5 Å². The first-order valence-corrected chi connectivity index (χ1v) is 11.2. The van der Waals surface area contributed by atoms with Crippen molar-refractivity contribution in [3.63, 3.8) is 0 Å². The number of benzene rings is 3. The van der Waals surface area contributed by atoms with E-state index < -0.39 is 0 Å². The second-order valence-electron chi connectivity index (χ2n) is 7.88. The molecule has 0 unspecified atom stereocenters. The fourth-order valence-electron chi connectivity index (χ4n) is 3.97. The highest BCUT2D eigenvalue weighted by Crippen LogP contribution is 2.28. The van der Waals surface area contributed by atoms with Crippen LogP contribution in [-0.2, 0) is 13.1 Å². The maximum Gasteiger partial charge on any atom is 0.261 e. The molecule has 0 saturated heterocycles. The predicted octanol–water partition coefficient (Wildman–Crippen LogP) is 3.83. The molecule has 35 heavy (non-hydrogen) atoms. The molecule has 1 aliphatic heterocycles. The minimum absolute atomic E-state index is 0.0503. The summed E-state index contributed by atoms with van der Waals surface area (Å²) in [6.07, 6.45) is 0. The summed E-state index contributed by atoms with van der Waals surface area (Å²) in [4.78, 5) is 39.8. The second-order valence-corrected chi connectivity index (χ2v) is 7.88. The van der Waals surface area contributed by atoms with Gasteiger partial charge in [-0.25, -0.2) is 0 Å². The number of carbonyl (C=O) groups excluding carboxylic acids is 3. The fourth-order valence-corrected chi connectivity index (χ4v) is 3.97. The normalized spacial score (nSPS) is 12.4. The molecule has 180 valence electrons. The van der Waals surface area contributed by atoms with Crippen LogP contribution in [0, 0.1) is 0 Å². The molecule has 0 radical (unpaired) electrons. The van der Waals surface area contributed by atoms with E-state index in [1.54, 1.807) is 68.8 Å². The van der Waals surface area contributed by atoms with E-state index in [-0.39, 0.29) is 30.8 Å². The number of amides is 3. The number of hydrogen-bond donors (Lipinski definition) is 1. The van der Waals surface area contributed by atoms with Crippen molar-refractivity contribution < 1.29 is 28.6 Å². The first-order valence-electron chi connectivity index (χ1n) is 11.2. The average molecular weight is 475 g/mol. The SMILES string of the molecule is CCOc1ccc(CN2C(=O)c3ccccc3C2=O)cc1C(=O)NCc1ccc(OC)c(OC)c1. The summed E-state index contributed by atoms with van der Waals surface area (Å²) in [7, 11) is 3.11. The van der Waals surface area contributed by atoms with Crippen LogP contribution in [0.5, 0.6) is 17.2 Å². The molecule has 3 aromatic rings. The van der Waals surface area contributed by atoms with Gasteiger partial charge >= 0.3 is 0 Å². The largest absolute Gasteiger partial charge is 0.493 e. The van der Waals surface area contributed by atoms with E-state index >= 15 is 0 Å². The Hall–Kier alpha value is -4.33. The number of fused-ring (bicyclic) bond motifs is 1. The first-order chi connectivity index (χ1) is 17.0. The van der Waals surface area contributed by atoms with E-state index in [4.69, 9.17) is 14.2 Å². The standard InChI is InChI=1S/C27H26N2O6/c1-4-35-22-11-10-18(16-29-26(31)19-7-5-6-8-20(19)27(29)32)13-21(22)25(30)28-15-17-9-12-23(33-2)24(14-17)34-3/h5-14H,4,15-16H2,1-3H3,(H,28,30). The third-order valence-electron chi connectivity index (χ3n) is 5.71. The van der Waals surface area contributed by atoms with Crippen LogP contribution in [-0.4, -0.2) is 43.4 Å². The van der Waals surface area contributed by atoms with Gasteiger partial charge in [0, 0.05) is 6.54 Å². The summed E-state index contributed by atoms with van der Waals surface area (Å²) in [5, 5.41) is 2.89. The third-order valence-corrected chi connectivity index (χ3v) is 5.71. The van der Waals surface area contributed by atoms with Crippen LogP contribution in [0.25, 0.3) is 0 Å². The number of nitrogens with zero attached hydrogens (tertiary/aromatic N) is 1. The summed E-state index contributed by atoms with van der Waals surface area (Å²) in [5.74, 6) is 0.549. The highest BCUT2D eigenvalue weighted by atomic mass is 16.5. The molecule has 8 nitrogen and oxygen atoms in total. The zero-order valence-electron chi connectivity index (χ0n) is 19.8. The lowest BCUT2D eigenvalue weighted by molar-refractivity contribution is 0.0642. The van der Waals surface area contributed by atoms with Crippen molar-refractivity contribution in [1.29, 1.82) is 0 Å². The molecule has 0 aromatic heterocycles. The molecule has 4 rings (SSSR count). The second kappa shape index (κ2) is 10.3. The number of methoxy groups -OCH3 is 2. The monoisotopic (exact) mass is 474 g/mol. The maximum absolute atomic E-state index is 13.1. The van der Waals surface area contributed by atoms with Crippen molar-refractivity contribution in [3.8, 4) is 17.2 Å². The first kappa shape index (κ1) is 23.8. The third kappa shape index (κ3) is 4.82. The zero-order chi connectivity index (χ0) is 24.9. The number of imide groups is 1. The molecule has 0 spiro atoms. The minimum Gasteiger partial charge on any atom is -0.493 e. The van der Waals surface area contributed by atoms with Crippen LogP contribution in [0.3, 0.4) is 0 Å². The van der Waals surface area contributed by atoms with Gasteiger partial charge in [0.15, 0.2) is 11.5 Å². The van der Waals surface area contributed by atoms with E-state index in [0.29, 0.717) is 46.1 Å². The van der Waals surface area contributed by atoms with Gasteiger partial charge < -0.3 is 19.5 Å². The topological polar surface area (TPSA) is 94.2 Å². The molecule has 0 aliphatic carbocycles. The molecule has 0 fully saturated rings. The number of hydrogen-bond acceptors (Lipinski definition) is 6. The van der Waals surface area contributed by atoms with E-state index in [1.165, 1.54) is 4.90 Å². The van der Waals surface area contributed by atoms with Gasteiger partial charge in [-0.05, 0) is 54.4 Å². The van der Waals surface area contributed by atoms with Gasteiger partial charge in [-0.1, -0.05) is 24.3 Å². The van der Waals surface area contributed by atoms with Crippen LogP contribution in [0.1, 0.15) is 49.1 Å². The van der Waals surface area contributed by atoms with Crippen molar-refractivity contribution in [3.05, 3.63) is 88.5 Å². The molecule has 3 amide bonds. The lowest BCUT2D eigenvalue weighted by atomic mass is 10.1. The fraction of sp³-hybridized carbons (Fsp3) is 0.222. The average Bonchev–Trinajstić information content (AvgIpc) is 3.12. The Morgan fingerprint density at radius 1 is 0.829 bits per heavy atom. The zero-order valence-corrected chi connectivity index (χ0v) is 19.8. The van der Waals surface area contributed by atoms with Gasteiger partial charge in [0.1, 0.15) is 5.75 Å². The Bertz CT molecular complexity index is 1250. The molecule has 0 bridgehead atoms. The molecule has 8 heteroatoms. The molecule has 1 heterocycles. The summed E-state index contributed by atoms with van der Waals surface area (Å²) in [6.45, 7) is 2.52. The quantitative estimate of drug-likeness (QED) is 0.474. The molecule has 1 N–H and O–H groups in total. The summed E-state index contributed by atoms with van der Waals surface area (Å²) in [6, 6.07) is 17.2. The lowest BCUT2D eigenvalue weighted by Crippen LogP contribution is -2.29. The Labute approximate surface area is 203 Å². The number of ether oxygens (including phenoxy) is 3. The van der Waals surface area contributed by atoms with Gasteiger partial charge in [-0.3, -0.25) is 19.3 Å². The lowest BCUT2D eigenvalue weighted by Gasteiger charge is -2.17. The Kier molecular flexibility index (Phi) is 7.01. The van der Waals surface area contributed by atoms with E-state index in [9.17, 15) is 14.4 Å². The molecular weight excluding hydrogens is 448 g/mol. The van der Waals surface area contributed by atoms with Crippen molar-refractivity contribution >= 4 is 17.7 Å². The Morgan fingerprint density at radius 2 is 1.46 bits per heavy atom. The number of rotatable bonds is 9. The van der Waals surface area contributed by atoms with Gasteiger partial charge in [0.25, 0.3) is 17.7 Å². The molecule has 3 aromatic carbocycles. The minimum atomic E-state index is -0.348. The predicted molar refractivity (Wildman–Crippen MR) is 129 cm³/mol. The molecule has 0 saturated carbocycles. The van der Waals surface area contributed by atoms with Crippen LogP contribution in [0.2, 0.25) is 0 Å². The summed E-state index contributed by atoms with van der Waals surface area (Å²) in [5.41, 5.74) is 2.56. The maximum atomic E-state index is 13.1. The molecule has 0 atom stereocenters. The van der Waals surface area contributed by atoms with Gasteiger partial charge in [0.05, 0.1) is 44.1 Å². The Balaban J connectivity index is 1.53. The van der Waals surface area contributed by atoms with E-state index in [1.807, 2.05) is 13.0 Å². The Morgan fingerprint density at radius 3 is 2.09 bits per heavy atom. The van der Waals surface area contributed by atoms with Crippen LogP contribution >= 0.6 is 0 Å². The highest BCUT2D eigenvalue weighted by Gasteiger charge is 2.35. The van der Waals surface area contributed by atoms with Crippen LogP contribution in [0.15, 0.2) is 60.7 Å². The number of nitrogens with one attached hydrogen (secondary N) is 1.